The zero-order valence-electron chi connectivity index (χ0n) is 15.7. The highest BCUT2D eigenvalue weighted by atomic mass is 16.2. The molecule has 3 aromatic rings. The number of hydrogen-bond acceptors (Lipinski definition) is 3. The molecule has 7 heteroatoms. The lowest BCUT2D eigenvalue weighted by molar-refractivity contribution is 0.0956. The van der Waals surface area contributed by atoms with Gasteiger partial charge in [0.15, 0.2) is 0 Å². The van der Waals surface area contributed by atoms with Gasteiger partial charge in [0.2, 0.25) is 0 Å². The predicted molar refractivity (Wildman–Crippen MR) is 109 cm³/mol. The third kappa shape index (κ3) is 5.20. The lowest BCUT2D eigenvalue weighted by atomic mass is 10.1. The van der Waals surface area contributed by atoms with Gasteiger partial charge < -0.3 is 16.0 Å². The first kappa shape index (κ1) is 19.2. The van der Waals surface area contributed by atoms with Gasteiger partial charge in [-0.25, -0.2) is 9.48 Å². The molecule has 144 valence electrons. The Morgan fingerprint density at radius 1 is 1.00 bits per heavy atom. The van der Waals surface area contributed by atoms with E-state index in [4.69, 9.17) is 0 Å². The van der Waals surface area contributed by atoms with E-state index >= 15 is 0 Å². The van der Waals surface area contributed by atoms with Crippen LogP contribution in [0.15, 0.2) is 67.0 Å². The van der Waals surface area contributed by atoms with Gasteiger partial charge in [0.05, 0.1) is 5.69 Å². The number of nitrogens with one attached hydrogen (secondary N) is 3. The lowest BCUT2D eigenvalue weighted by Gasteiger charge is -2.09. The molecule has 7 nitrogen and oxygen atoms in total. The van der Waals surface area contributed by atoms with Crippen molar-refractivity contribution in [1.29, 1.82) is 0 Å². The van der Waals surface area contributed by atoms with Crippen molar-refractivity contribution in [3.05, 3.63) is 78.1 Å². The highest BCUT2D eigenvalue weighted by Crippen LogP contribution is 2.10. The molecule has 0 aliphatic carbocycles. The third-order valence-electron chi connectivity index (χ3n) is 4.15. The summed E-state index contributed by atoms with van der Waals surface area (Å²) < 4.78 is 1.80. The summed E-state index contributed by atoms with van der Waals surface area (Å²) >= 11 is 0. The van der Waals surface area contributed by atoms with Crippen molar-refractivity contribution in [3.8, 4) is 5.69 Å². The SMILES string of the molecule is CCNC(=O)c1ccc(NC(=O)NCCc2ccc(-n3cccn3)cc2)cc1. The second kappa shape index (κ2) is 9.36. The number of carbonyl (C=O) groups is 2. The molecule has 1 aromatic heterocycles. The summed E-state index contributed by atoms with van der Waals surface area (Å²) in [6.07, 6.45) is 4.36. The van der Waals surface area contributed by atoms with Crippen LogP contribution < -0.4 is 16.0 Å². The molecule has 0 fully saturated rings. The maximum atomic E-state index is 12.0. The molecule has 0 bridgehead atoms. The third-order valence-corrected chi connectivity index (χ3v) is 4.15. The van der Waals surface area contributed by atoms with Crippen LogP contribution in [0.3, 0.4) is 0 Å². The van der Waals surface area contributed by atoms with Crippen molar-refractivity contribution in [2.45, 2.75) is 13.3 Å². The summed E-state index contributed by atoms with van der Waals surface area (Å²) in [6, 6.07) is 16.4. The molecule has 0 spiro atoms. The normalized spacial score (nSPS) is 10.3. The standard InChI is InChI=1S/C21H23N5O2/c1-2-22-20(27)17-6-8-18(9-7-17)25-21(28)23-14-12-16-4-10-19(11-5-16)26-15-3-13-24-26/h3-11,13,15H,2,12,14H2,1H3,(H,22,27)(H2,23,25,28). The number of amides is 3. The van der Waals surface area contributed by atoms with Crippen LogP contribution in [-0.4, -0.2) is 34.8 Å². The maximum Gasteiger partial charge on any atom is 0.319 e. The van der Waals surface area contributed by atoms with Crippen LogP contribution in [0.1, 0.15) is 22.8 Å². The van der Waals surface area contributed by atoms with E-state index in [0.29, 0.717) is 24.3 Å². The van der Waals surface area contributed by atoms with Gasteiger partial charge in [-0.05, 0) is 61.4 Å². The average molecular weight is 377 g/mol. The molecule has 0 aliphatic heterocycles. The summed E-state index contributed by atoms with van der Waals surface area (Å²) in [5.74, 6) is -0.128. The summed E-state index contributed by atoms with van der Waals surface area (Å²) in [7, 11) is 0. The highest BCUT2D eigenvalue weighted by molar-refractivity contribution is 5.95. The monoisotopic (exact) mass is 377 g/mol. The van der Waals surface area contributed by atoms with Crippen LogP contribution in [-0.2, 0) is 6.42 Å². The molecule has 3 amide bonds. The second-order valence-corrected chi connectivity index (χ2v) is 6.18. The van der Waals surface area contributed by atoms with Gasteiger partial charge in [0.1, 0.15) is 0 Å². The molecule has 0 saturated carbocycles. The minimum atomic E-state index is -0.279. The minimum absolute atomic E-state index is 0.128. The number of anilines is 1. The van der Waals surface area contributed by atoms with E-state index in [2.05, 4.69) is 21.0 Å². The second-order valence-electron chi connectivity index (χ2n) is 6.18. The quantitative estimate of drug-likeness (QED) is 0.591. The Bertz CT molecular complexity index is 903. The Labute approximate surface area is 163 Å². The maximum absolute atomic E-state index is 12.0. The fourth-order valence-corrected chi connectivity index (χ4v) is 2.70. The first-order chi connectivity index (χ1) is 13.7. The Kier molecular flexibility index (Phi) is 6.41. The fourth-order valence-electron chi connectivity index (χ4n) is 2.70. The number of carbonyl (C=O) groups excluding carboxylic acids is 2. The van der Waals surface area contributed by atoms with Crippen molar-refractivity contribution in [2.75, 3.05) is 18.4 Å². The van der Waals surface area contributed by atoms with Crippen LogP contribution in [0, 0.1) is 0 Å². The van der Waals surface area contributed by atoms with E-state index in [9.17, 15) is 9.59 Å². The van der Waals surface area contributed by atoms with E-state index in [0.717, 1.165) is 17.7 Å². The Morgan fingerprint density at radius 2 is 1.75 bits per heavy atom. The Hall–Kier alpha value is -3.61. The summed E-state index contributed by atoms with van der Waals surface area (Å²) in [6.45, 7) is 2.96. The van der Waals surface area contributed by atoms with E-state index in [1.54, 1.807) is 35.1 Å². The van der Waals surface area contributed by atoms with Gasteiger partial charge in [-0.1, -0.05) is 12.1 Å². The number of hydrogen-bond donors (Lipinski definition) is 3. The van der Waals surface area contributed by atoms with Crippen LogP contribution in [0.4, 0.5) is 10.5 Å². The van der Waals surface area contributed by atoms with Crippen LogP contribution in [0.25, 0.3) is 5.69 Å². The van der Waals surface area contributed by atoms with Gasteiger partial charge in [0, 0.05) is 36.7 Å². The van der Waals surface area contributed by atoms with Crippen molar-refractivity contribution in [2.24, 2.45) is 0 Å². The summed E-state index contributed by atoms with van der Waals surface area (Å²) in [5, 5.41) is 12.5. The number of urea groups is 1. The molecule has 1 heterocycles. The van der Waals surface area contributed by atoms with Crippen molar-refractivity contribution < 1.29 is 9.59 Å². The van der Waals surface area contributed by atoms with Crippen molar-refractivity contribution in [1.82, 2.24) is 20.4 Å². The fraction of sp³-hybridized carbons (Fsp3) is 0.190. The number of benzene rings is 2. The number of aromatic nitrogens is 2. The van der Waals surface area contributed by atoms with Gasteiger partial charge in [-0.3, -0.25) is 4.79 Å². The molecule has 3 N–H and O–H groups in total. The van der Waals surface area contributed by atoms with E-state index in [-0.39, 0.29) is 11.9 Å². The summed E-state index contributed by atoms with van der Waals surface area (Å²) in [5.41, 5.74) is 3.32. The first-order valence-corrected chi connectivity index (χ1v) is 9.18. The summed E-state index contributed by atoms with van der Waals surface area (Å²) in [4.78, 5) is 23.7. The van der Waals surface area contributed by atoms with Gasteiger partial charge in [0.25, 0.3) is 5.91 Å². The van der Waals surface area contributed by atoms with Gasteiger partial charge in [-0.2, -0.15) is 5.10 Å². The average Bonchev–Trinajstić information content (AvgIpc) is 3.24. The largest absolute Gasteiger partial charge is 0.352 e. The molecule has 0 unspecified atom stereocenters. The number of nitrogens with zero attached hydrogens (tertiary/aromatic N) is 2. The van der Waals surface area contributed by atoms with E-state index < -0.39 is 0 Å². The predicted octanol–water partition coefficient (Wildman–Crippen LogP) is 2.99. The van der Waals surface area contributed by atoms with E-state index in [1.165, 1.54) is 0 Å². The zero-order valence-corrected chi connectivity index (χ0v) is 15.7. The molecular formula is C21H23N5O2. The molecule has 0 saturated heterocycles. The van der Waals surface area contributed by atoms with Crippen LogP contribution in [0.2, 0.25) is 0 Å². The Morgan fingerprint density at radius 3 is 2.39 bits per heavy atom. The lowest BCUT2D eigenvalue weighted by Crippen LogP contribution is -2.30. The minimum Gasteiger partial charge on any atom is -0.352 e. The topological polar surface area (TPSA) is 88.0 Å². The van der Waals surface area contributed by atoms with Crippen LogP contribution in [0.5, 0.6) is 0 Å². The Balaban J connectivity index is 1.43. The molecule has 28 heavy (non-hydrogen) atoms. The van der Waals surface area contributed by atoms with E-state index in [1.807, 2.05) is 43.5 Å². The molecule has 0 aliphatic rings. The highest BCUT2D eigenvalue weighted by Gasteiger charge is 2.05. The van der Waals surface area contributed by atoms with Gasteiger partial charge >= 0.3 is 6.03 Å². The van der Waals surface area contributed by atoms with Crippen molar-refractivity contribution >= 4 is 17.6 Å². The molecule has 3 rings (SSSR count). The zero-order chi connectivity index (χ0) is 19.8. The van der Waals surface area contributed by atoms with Crippen LogP contribution >= 0.6 is 0 Å². The molecule has 2 aromatic carbocycles. The molecule has 0 radical (unpaired) electrons. The van der Waals surface area contributed by atoms with Crippen molar-refractivity contribution in [3.63, 3.8) is 0 Å². The smallest absolute Gasteiger partial charge is 0.319 e. The molecular weight excluding hydrogens is 354 g/mol. The van der Waals surface area contributed by atoms with Gasteiger partial charge in [-0.15, -0.1) is 0 Å². The first-order valence-electron chi connectivity index (χ1n) is 9.18. The molecule has 0 atom stereocenters. The number of rotatable bonds is 7.